The van der Waals surface area contributed by atoms with Gasteiger partial charge >= 0.3 is 0 Å². The van der Waals surface area contributed by atoms with Gasteiger partial charge in [0.1, 0.15) is 28.5 Å². The molecule has 34 heavy (non-hydrogen) atoms. The van der Waals surface area contributed by atoms with Crippen LogP contribution in [0.3, 0.4) is 0 Å². The fourth-order valence-corrected chi connectivity index (χ4v) is 5.26. The van der Waals surface area contributed by atoms with Crippen molar-refractivity contribution < 1.29 is 28.1 Å². The van der Waals surface area contributed by atoms with E-state index in [1.807, 2.05) is 0 Å². The van der Waals surface area contributed by atoms with Gasteiger partial charge in [-0.2, -0.15) is 0 Å². The second-order valence-electron chi connectivity index (χ2n) is 9.21. The number of hydrogen-bond acceptors (Lipinski definition) is 7. The van der Waals surface area contributed by atoms with Crippen LogP contribution in [0.15, 0.2) is 63.1 Å². The zero-order valence-corrected chi connectivity index (χ0v) is 20.4. The van der Waals surface area contributed by atoms with Gasteiger partial charge < -0.3 is 24.7 Å². The lowest BCUT2D eigenvalue weighted by Gasteiger charge is -2.49. The van der Waals surface area contributed by atoms with Crippen LogP contribution in [0.5, 0.6) is 17.2 Å². The molecule has 3 aromatic rings. The molecule has 0 saturated heterocycles. The molecule has 2 atom stereocenters. The molecule has 180 valence electrons. The van der Waals surface area contributed by atoms with Crippen LogP contribution in [0, 0.1) is 13.8 Å². The number of aromatic amines is 1. The van der Waals surface area contributed by atoms with Crippen molar-refractivity contribution in [3.05, 3.63) is 75.7 Å². The van der Waals surface area contributed by atoms with E-state index in [4.69, 9.17) is 9.47 Å². The SMILES string of the molecule is Cc1[nH]c(=O)cc(O[C@@H]2c3cc(S(=O)(=O)c4cccc(O)c4)ccc3OC(C)(C)[C@@]2(C)O)c1C. The molecule has 2 aromatic carbocycles. The summed E-state index contributed by atoms with van der Waals surface area (Å²) in [6, 6.07) is 11.0. The van der Waals surface area contributed by atoms with E-state index in [2.05, 4.69) is 4.98 Å². The number of nitrogens with one attached hydrogen (secondary N) is 1. The van der Waals surface area contributed by atoms with Gasteiger partial charge in [-0.25, -0.2) is 8.42 Å². The molecule has 8 nitrogen and oxygen atoms in total. The van der Waals surface area contributed by atoms with Gasteiger partial charge in [0.25, 0.3) is 5.56 Å². The van der Waals surface area contributed by atoms with Crippen LogP contribution in [0.4, 0.5) is 0 Å². The Balaban J connectivity index is 1.89. The first-order chi connectivity index (χ1) is 15.7. The number of aromatic nitrogens is 1. The van der Waals surface area contributed by atoms with Crippen molar-refractivity contribution in [2.24, 2.45) is 0 Å². The topological polar surface area (TPSA) is 126 Å². The summed E-state index contributed by atoms with van der Waals surface area (Å²) >= 11 is 0. The average Bonchev–Trinajstić information content (AvgIpc) is 2.74. The molecule has 0 spiro atoms. The normalized spacial score (nSPS) is 21.4. The molecule has 0 amide bonds. The number of benzene rings is 2. The van der Waals surface area contributed by atoms with Crippen molar-refractivity contribution in [3.8, 4) is 17.2 Å². The van der Waals surface area contributed by atoms with E-state index in [1.165, 1.54) is 48.5 Å². The Hall–Kier alpha value is -3.30. The number of rotatable bonds is 4. The highest BCUT2D eigenvalue weighted by atomic mass is 32.2. The monoisotopic (exact) mass is 485 g/mol. The summed E-state index contributed by atoms with van der Waals surface area (Å²) in [5.74, 6) is 0.459. The first-order valence-electron chi connectivity index (χ1n) is 10.7. The van der Waals surface area contributed by atoms with Gasteiger partial charge in [-0.05, 0) is 71.0 Å². The van der Waals surface area contributed by atoms with Crippen LogP contribution >= 0.6 is 0 Å². The smallest absolute Gasteiger partial charge is 0.251 e. The summed E-state index contributed by atoms with van der Waals surface area (Å²) in [6.45, 7) is 8.48. The Labute approximate surface area is 197 Å². The van der Waals surface area contributed by atoms with Crippen LogP contribution in [0.25, 0.3) is 0 Å². The minimum atomic E-state index is -3.99. The summed E-state index contributed by atoms with van der Waals surface area (Å²) in [5.41, 5.74) is -1.43. The standard InChI is InChI=1S/C25H27NO7S/c1-14-15(2)26-22(28)13-21(14)32-23-19-12-18(34(30,31)17-8-6-7-16(27)11-17)9-10-20(19)33-24(3,4)25(23,5)29/h6-13,23,27,29H,1-5H3,(H,26,28)/t23-,25+/m1/s1. The van der Waals surface area contributed by atoms with Gasteiger partial charge in [-0.1, -0.05) is 6.07 Å². The molecule has 0 bridgehead atoms. The van der Waals surface area contributed by atoms with E-state index in [1.54, 1.807) is 34.6 Å². The van der Waals surface area contributed by atoms with Crippen molar-refractivity contribution in [1.82, 2.24) is 4.98 Å². The number of aryl methyl sites for hydroxylation is 1. The number of phenols is 1. The van der Waals surface area contributed by atoms with Crippen molar-refractivity contribution in [1.29, 1.82) is 0 Å². The molecule has 1 aromatic heterocycles. The molecule has 0 radical (unpaired) electrons. The highest BCUT2D eigenvalue weighted by Gasteiger charge is 2.54. The fraction of sp³-hybridized carbons (Fsp3) is 0.320. The number of ether oxygens (including phenoxy) is 2. The number of pyridine rings is 1. The first kappa shape index (κ1) is 23.8. The number of H-pyrrole nitrogens is 1. The van der Waals surface area contributed by atoms with Crippen molar-refractivity contribution >= 4 is 9.84 Å². The highest BCUT2D eigenvalue weighted by molar-refractivity contribution is 7.91. The Morgan fingerprint density at radius 1 is 1.03 bits per heavy atom. The van der Waals surface area contributed by atoms with Crippen LogP contribution in [0.2, 0.25) is 0 Å². The quantitative estimate of drug-likeness (QED) is 0.516. The largest absolute Gasteiger partial charge is 0.508 e. The van der Waals surface area contributed by atoms with Gasteiger partial charge in [0, 0.05) is 22.9 Å². The lowest BCUT2D eigenvalue weighted by Crippen LogP contribution is -2.59. The minimum Gasteiger partial charge on any atom is -0.508 e. The summed E-state index contributed by atoms with van der Waals surface area (Å²) in [5, 5.41) is 21.3. The number of aromatic hydroxyl groups is 1. The van der Waals surface area contributed by atoms with Crippen LogP contribution in [0.1, 0.15) is 43.7 Å². The van der Waals surface area contributed by atoms with E-state index in [0.29, 0.717) is 22.6 Å². The summed E-state index contributed by atoms with van der Waals surface area (Å²) in [7, 11) is -3.99. The lowest BCUT2D eigenvalue weighted by molar-refractivity contribution is -0.174. The van der Waals surface area contributed by atoms with Gasteiger partial charge in [0.2, 0.25) is 9.84 Å². The van der Waals surface area contributed by atoms with Crippen LogP contribution in [-0.2, 0) is 9.84 Å². The van der Waals surface area contributed by atoms with E-state index in [9.17, 15) is 23.4 Å². The number of phenolic OH excluding ortho intramolecular Hbond substituents is 1. The van der Waals surface area contributed by atoms with Gasteiger partial charge in [-0.15, -0.1) is 0 Å². The van der Waals surface area contributed by atoms with E-state index in [0.717, 1.165) is 0 Å². The van der Waals surface area contributed by atoms with Gasteiger partial charge in [-0.3, -0.25) is 4.79 Å². The Bertz CT molecular complexity index is 1440. The highest BCUT2D eigenvalue weighted by Crippen LogP contribution is 2.49. The molecule has 1 aliphatic heterocycles. The van der Waals surface area contributed by atoms with Crippen LogP contribution < -0.4 is 15.0 Å². The fourth-order valence-electron chi connectivity index (χ4n) is 3.93. The van der Waals surface area contributed by atoms with Crippen molar-refractivity contribution in [3.63, 3.8) is 0 Å². The molecule has 3 N–H and O–H groups in total. The van der Waals surface area contributed by atoms with Crippen molar-refractivity contribution in [2.45, 2.75) is 61.7 Å². The molecule has 0 unspecified atom stereocenters. The molecular formula is C25H27NO7S. The lowest BCUT2D eigenvalue weighted by atomic mass is 9.77. The van der Waals surface area contributed by atoms with Crippen LogP contribution in [-0.4, -0.2) is 34.8 Å². The zero-order valence-electron chi connectivity index (χ0n) is 19.5. The molecule has 0 fully saturated rings. The Morgan fingerprint density at radius 2 is 1.71 bits per heavy atom. The molecule has 4 rings (SSSR count). The van der Waals surface area contributed by atoms with E-state index in [-0.39, 0.29) is 26.8 Å². The zero-order chi connectivity index (χ0) is 25.1. The number of aliphatic hydroxyl groups is 1. The number of fused-ring (bicyclic) bond motifs is 1. The van der Waals surface area contributed by atoms with Gasteiger partial charge in [0.05, 0.1) is 9.79 Å². The maximum absolute atomic E-state index is 13.3. The Kier molecular flexibility index (Phi) is 5.53. The minimum absolute atomic E-state index is 0.0524. The molecule has 2 heterocycles. The average molecular weight is 486 g/mol. The predicted octanol–water partition coefficient (Wildman–Crippen LogP) is 3.57. The van der Waals surface area contributed by atoms with E-state index >= 15 is 0 Å². The Morgan fingerprint density at radius 3 is 2.38 bits per heavy atom. The van der Waals surface area contributed by atoms with E-state index < -0.39 is 27.1 Å². The maximum Gasteiger partial charge on any atom is 0.251 e. The molecule has 1 aliphatic rings. The van der Waals surface area contributed by atoms with Gasteiger partial charge in [0.15, 0.2) is 6.10 Å². The third-order valence-corrected chi connectivity index (χ3v) is 8.30. The van der Waals surface area contributed by atoms with Crippen molar-refractivity contribution in [2.75, 3.05) is 0 Å². The number of hydrogen-bond donors (Lipinski definition) is 3. The second-order valence-corrected chi connectivity index (χ2v) is 11.2. The summed E-state index contributed by atoms with van der Waals surface area (Å²) in [6.07, 6.45) is -1.05. The third-order valence-electron chi connectivity index (χ3n) is 6.55. The summed E-state index contributed by atoms with van der Waals surface area (Å²) in [4.78, 5) is 14.7. The predicted molar refractivity (Wildman–Crippen MR) is 125 cm³/mol. The first-order valence-corrected chi connectivity index (χ1v) is 12.2. The molecule has 0 saturated carbocycles. The maximum atomic E-state index is 13.3. The molecular weight excluding hydrogens is 458 g/mol. The molecule has 9 heteroatoms. The third kappa shape index (κ3) is 3.84. The summed E-state index contributed by atoms with van der Waals surface area (Å²) < 4.78 is 38.8. The number of sulfone groups is 1. The molecule has 0 aliphatic carbocycles. The second kappa shape index (κ2) is 7.89.